The minimum atomic E-state index is -1.67. The van der Waals surface area contributed by atoms with Gasteiger partial charge < -0.3 is 10.2 Å². The minimum absolute atomic E-state index is 0.117. The van der Waals surface area contributed by atoms with Crippen molar-refractivity contribution in [2.75, 3.05) is 0 Å². The molecule has 60 valence electrons. The number of hydrogen-bond acceptors (Lipinski definition) is 3. The third-order valence-corrected chi connectivity index (χ3v) is 0.728. The summed E-state index contributed by atoms with van der Waals surface area (Å²) >= 11 is 0. The molecular formula is C6H5FO4. The molecular weight excluding hydrogens is 155 g/mol. The molecule has 0 saturated carbocycles. The number of carbonyl (C=O) groups is 2. The first-order valence-electron chi connectivity index (χ1n) is 2.53. The predicted octanol–water partition coefficient (Wildman–Crippen LogP) is 0.565. The largest absolute Gasteiger partial charge is 0.513 e. The molecule has 0 amide bonds. The van der Waals surface area contributed by atoms with Gasteiger partial charge in [-0.25, -0.2) is 9.18 Å². The maximum atomic E-state index is 11.9. The average Bonchev–Trinajstić information content (AvgIpc) is 1.99. The van der Waals surface area contributed by atoms with Crippen molar-refractivity contribution in [1.29, 1.82) is 0 Å². The van der Waals surface area contributed by atoms with Gasteiger partial charge in [0.15, 0.2) is 5.83 Å². The van der Waals surface area contributed by atoms with E-state index in [0.717, 1.165) is 0 Å². The lowest BCUT2D eigenvalue weighted by atomic mass is 10.3. The Bertz CT molecular complexity index is 229. The van der Waals surface area contributed by atoms with Crippen LogP contribution in [-0.4, -0.2) is 22.0 Å². The van der Waals surface area contributed by atoms with Gasteiger partial charge in [0.25, 0.3) is 5.78 Å². The van der Waals surface area contributed by atoms with Gasteiger partial charge in [-0.05, 0) is 12.2 Å². The molecule has 0 radical (unpaired) electrons. The highest BCUT2D eigenvalue weighted by Gasteiger charge is 2.05. The lowest BCUT2D eigenvalue weighted by Gasteiger charge is -1.82. The summed E-state index contributed by atoms with van der Waals surface area (Å²) in [4.78, 5) is 20.0. The molecule has 0 fully saturated rings. The predicted molar refractivity (Wildman–Crippen MR) is 33.6 cm³/mol. The van der Waals surface area contributed by atoms with Gasteiger partial charge in [0.2, 0.25) is 0 Å². The van der Waals surface area contributed by atoms with Crippen LogP contribution in [0, 0.1) is 0 Å². The van der Waals surface area contributed by atoms with E-state index in [1.165, 1.54) is 0 Å². The van der Waals surface area contributed by atoms with Crippen molar-refractivity contribution < 1.29 is 24.2 Å². The Hall–Kier alpha value is -1.65. The van der Waals surface area contributed by atoms with Crippen molar-refractivity contribution in [2.24, 2.45) is 0 Å². The first-order chi connectivity index (χ1) is 5.07. The lowest BCUT2D eigenvalue weighted by Crippen LogP contribution is -2.08. The third-order valence-electron chi connectivity index (χ3n) is 0.728. The van der Waals surface area contributed by atoms with Crippen LogP contribution in [0.2, 0.25) is 0 Å². The summed E-state index contributed by atoms with van der Waals surface area (Å²) in [6, 6.07) is 0. The number of ketones is 1. The molecule has 0 bridgehead atoms. The standard InChI is InChI=1S/C6H5FO4/c7-4(3-8)1-2-5(9)6(10)11/h1-3,8H,(H,10,11)/b2-1+,4-3+. The van der Waals surface area contributed by atoms with Crippen LogP contribution < -0.4 is 0 Å². The van der Waals surface area contributed by atoms with Crippen LogP contribution >= 0.6 is 0 Å². The number of rotatable bonds is 3. The fourth-order valence-corrected chi connectivity index (χ4v) is 0.270. The molecule has 0 saturated heterocycles. The van der Waals surface area contributed by atoms with Crippen LogP contribution in [0.3, 0.4) is 0 Å². The number of halogens is 1. The number of carboxylic acids is 1. The van der Waals surface area contributed by atoms with Crippen molar-refractivity contribution >= 4 is 11.8 Å². The zero-order valence-corrected chi connectivity index (χ0v) is 5.32. The van der Waals surface area contributed by atoms with Gasteiger partial charge in [-0.3, -0.25) is 4.79 Å². The molecule has 0 aromatic rings. The van der Waals surface area contributed by atoms with E-state index in [9.17, 15) is 14.0 Å². The quantitative estimate of drug-likeness (QED) is 0.274. The zero-order valence-electron chi connectivity index (χ0n) is 5.32. The molecule has 4 nitrogen and oxygen atoms in total. The minimum Gasteiger partial charge on any atom is -0.513 e. The number of hydrogen-bond donors (Lipinski definition) is 2. The number of aliphatic hydroxyl groups is 1. The monoisotopic (exact) mass is 160 g/mol. The molecule has 2 N–H and O–H groups in total. The summed E-state index contributed by atoms with van der Waals surface area (Å²) in [5.41, 5.74) is 0. The van der Waals surface area contributed by atoms with Gasteiger partial charge in [-0.15, -0.1) is 0 Å². The molecule has 0 aliphatic carbocycles. The highest BCUT2D eigenvalue weighted by atomic mass is 19.1. The topological polar surface area (TPSA) is 74.6 Å². The fourth-order valence-electron chi connectivity index (χ4n) is 0.270. The van der Waals surface area contributed by atoms with Crippen molar-refractivity contribution in [2.45, 2.75) is 0 Å². The lowest BCUT2D eigenvalue weighted by molar-refractivity contribution is -0.146. The SMILES string of the molecule is O=C(O)C(=O)/C=C/C(F)=C\O. The molecule has 11 heavy (non-hydrogen) atoms. The van der Waals surface area contributed by atoms with Crippen LogP contribution in [0.5, 0.6) is 0 Å². The molecule has 0 spiro atoms. The van der Waals surface area contributed by atoms with Crippen LogP contribution in [0.4, 0.5) is 4.39 Å². The Balaban J connectivity index is 4.15. The second-order valence-corrected chi connectivity index (χ2v) is 1.52. The summed E-state index contributed by atoms with van der Waals surface area (Å²) in [6.45, 7) is 0. The highest BCUT2D eigenvalue weighted by Crippen LogP contribution is 1.95. The van der Waals surface area contributed by atoms with E-state index < -0.39 is 17.6 Å². The molecule has 0 aromatic carbocycles. The number of carboxylic acid groups (broad SMARTS) is 1. The number of carbonyl (C=O) groups excluding carboxylic acids is 1. The van der Waals surface area contributed by atoms with Crippen molar-refractivity contribution in [3.05, 3.63) is 24.2 Å². The average molecular weight is 160 g/mol. The van der Waals surface area contributed by atoms with E-state index >= 15 is 0 Å². The first-order valence-corrected chi connectivity index (χ1v) is 2.53. The normalized spacial score (nSPS) is 11.9. The summed E-state index contributed by atoms with van der Waals surface area (Å²) < 4.78 is 11.9. The first kappa shape index (κ1) is 9.35. The van der Waals surface area contributed by atoms with Gasteiger partial charge in [0.05, 0.1) is 0 Å². The van der Waals surface area contributed by atoms with E-state index in [2.05, 4.69) is 0 Å². The molecule has 0 aliphatic heterocycles. The van der Waals surface area contributed by atoms with E-state index in [1.54, 1.807) is 0 Å². The fraction of sp³-hybridized carbons (Fsp3) is 0. The molecule has 0 aromatic heterocycles. The number of allylic oxidation sites excluding steroid dienone is 2. The summed E-state index contributed by atoms with van der Waals surface area (Å²) in [6.07, 6.45) is 1.17. The van der Waals surface area contributed by atoms with Gasteiger partial charge in [0.1, 0.15) is 6.26 Å². The Kier molecular flexibility index (Phi) is 3.58. The van der Waals surface area contributed by atoms with Crippen LogP contribution in [0.25, 0.3) is 0 Å². The summed E-state index contributed by atoms with van der Waals surface area (Å²) in [7, 11) is 0. The van der Waals surface area contributed by atoms with Crippen molar-refractivity contribution in [1.82, 2.24) is 0 Å². The molecule has 0 unspecified atom stereocenters. The maximum Gasteiger partial charge on any atom is 0.376 e. The van der Waals surface area contributed by atoms with E-state index in [1.807, 2.05) is 0 Å². The Morgan fingerprint density at radius 3 is 2.18 bits per heavy atom. The van der Waals surface area contributed by atoms with Gasteiger partial charge in [-0.2, -0.15) is 0 Å². The molecule has 0 rings (SSSR count). The van der Waals surface area contributed by atoms with Gasteiger partial charge in [-0.1, -0.05) is 0 Å². The van der Waals surface area contributed by atoms with E-state index in [0.29, 0.717) is 12.2 Å². The third kappa shape index (κ3) is 3.85. The van der Waals surface area contributed by atoms with Crippen molar-refractivity contribution in [3.63, 3.8) is 0 Å². The summed E-state index contributed by atoms with van der Waals surface area (Å²) in [5, 5.41) is 15.9. The van der Waals surface area contributed by atoms with Crippen LogP contribution in [0.15, 0.2) is 24.2 Å². The smallest absolute Gasteiger partial charge is 0.376 e. The van der Waals surface area contributed by atoms with E-state index in [-0.39, 0.29) is 6.26 Å². The van der Waals surface area contributed by atoms with Crippen LogP contribution in [-0.2, 0) is 9.59 Å². The molecule has 5 heteroatoms. The molecule has 0 atom stereocenters. The Morgan fingerprint density at radius 2 is 1.82 bits per heavy atom. The molecule has 0 heterocycles. The van der Waals surface area contributed by atoms with Gasteiger partial charge >= 0.3 is 5.97 Å². The summed E-state index contributed by atoms with van der Waals surface area (Å²) in [5.74, 6) is -4.01. The zero-order chi connectivity index (χ0) is 8.85. The second-order valence-electron chi connectivity index (χ2n) is 1.52. The Labute approximate surface area is 61.3 Å². The van der Waals surface area contributed by atoms with Crippen molar-refractivity contribution in [3.8, 4) is 0 Å². The second kappa shape index (κ2) is 4.21. The van der Waals surface area contributed by atoms with Crippen LogP contribution in [0.1, 0.15) is 0 Å². The number of aliphatic carboxylic acids is 1. The van der Waals surface area contributed by atoms with E-state index in [4.69, 9.17) is 10.2 Å². The highest BCUT2D eigenvalue weighted by molar-refractivity contribution is 6.37. The maximum absolute atomic E-state index is 11.9. The molecule has 0 aliphatic rings. The van der Waals surface area contributed by atoms with Gasteiger partial charge in [0, 0.05) is 0 Å². The number of aliphatic hydroxyl groups excluding tert-OH is 1. The Morgan fingerprint density at radius 1 is 1.27 bits per heavy atom.